The predicted octanol–water partition coefficient (Wildman–Crippen LogP) is 4.06. The summed E-state index contributed by atoms with van der Waals surface area (Å²) in [6, 6.07) is 7.77. The smallest absolute Gasteiger partial charge is 0.262 e. The van der Waals surface area contributed by atoms with E-state index in [4.69, 9.17) is 9.51 Å². The molecule has 1 aliphatic rings. The highest BCUT2D eigenvalue weighted by Crippen LogP contribution is 2.37. The fraction of sp³-hybridized carbons (Fsp3) is 0.444. The Morgan fingerprint density at radius 2 is 2.00 bits per heavy atom. The zero-order chi connectivity index (χ0) is 17.4. The molecule has 4 rings (SSSR count). The third kappa shape index (κ3) is 3.08. The number of thioether (sulfide) groups is 1. The van der Waals surface area contributed by atoms with Crippen LogP contribution < -0.4 is 5.56 Å². The number of aryl methyl sites for hydroxylation is 1. The first-order valence-electron chi connectivity index (χ1n) is 8.61. The summed E-state index contributed by atoms with van der Waals surface area (Å²) in [4.78, 5) is 22.2. The van der Waals surface area contributed by atoms with Crippen molar-refractivity contribution < 1.29 is 4.52 Å². The summed E-state index contributed by atoms with van der Waals surface area (Å²) in [6.07, 6.45) is 4.38. The molecule has 1 atom stereocenters. The molecule has 25 heavy (non-hydrogen) atoms. The number of para-hydroxylation sites is 1. The molecule has 1 aromatic carbocycles. The normalized spacial score (nSPS) is 16.6. The Morgan fingerprint density at radius 1 is 1.24 bits per heavy atom. The maximum atomic E-state index is 13.1. The molecule has 3 aromatic rings. The van der Waals surface area contributed by atoms with Gasteiger partial charge in [0.2, 0.25) is 5.89 Å². The third-order valence-electron chi connectivity index (χ3n) is 4.64. The molecule has 0 saturated heterocycles. The molecule has 2 heterocycles. The van der Waals surface area contributed by atoms with Crippen LogP contribution in [0.2, 0.25) is 0 Å². The summed E-state index contributed by atoms with van der Waals surface area (Å²) in [5.41, 5.74) is 0.784. The second-order valence-electron chi connectivity index (χ2n) is 6.46. The van der Waals surface area contributed by atoms with E-state index in [1.165, 1.54) is 11.8 Å². The molecule has 0 spiro atoms. The van der Waals surface area contributed by atoms with Crippen LogP contribution in [0.3, 0.4) is 0 Å². The zero-order valence-electron chi connectivity index (χ0n) is 14.3. The minimum absolute atomic E-state index is 0.0499. The number of aromatic nitrogens is 4. The van der Waals surface area contributed by atoms with Gasteiger partial charge in [-0.2, -0.15) is 4.98 Å². The number of hydrogen-bond donors (Lipinski definition) is 0. The summed E-state index contributed by atoms with van der Waals surface area (Å²) >= 11 is 1.51. The van der Waals surface area contributed by atoms with Crippen molar-refractivity contribution >= 4 is 22.7 Å². The number of benzene rings is 1. The Hall–Kier alpha value is -2.15. The van der Waals surface area contributed by atoms with Gasteiger partial charge in [-0.25, -0.2) is 4.98 Å². The molecule has 1 saturated carbocycles. The molecule has 1 unspecified atom stereocenters. The average Bonchev–Trinajstić information content (AvgIpc) is 3.27. The van der Waals surface area contributed by atoms with Crippen LogP contribution in [0.5, 0.6) is 0 Å². The first kappa shape index (κ1) is 16.3. The quantitative estimate of drug-likeness (QED) is 0.518. The van der Waals surface area contributed by atoms with E-state index in [9.17, 15) is 4.79 Å². The van der Waals surface area contributed by atoms with Gasteiger partial charge in [-0.05, 0) is 38.8 Å². The Bertz CT molecular complexity index is 959. The van der Waals surface area contributed by atoms with Crippen molar-refractivity contribution in [3.8, 4) is 0 Å². The van der Waals surface area contributed by atoms with Gasteiger partial charge in [-0.15, -0.1) is 0 Å². The van der Waals surface area contributed by atoms with E-state index in [2.05, 4.69) is 10.1 Å². The van der Waals surface area contributed by atoms with E-state index in [-0.39, 0.29) is 16.9 Å². The molecule has 1 aliphatic carbocycles. The summed E-state index contributed by atoms with van der Waals surface area (Å²) in [5, 5.41) is 5.21. The topological polar surface area (TPSA) is 73.8 Å². The van der Waals surface area contributed by atoms with Gasteiger partial charge in [0.15, 0.2) is 11.0 Å². The van der Waals surface area contributed by atoms with Gasteiger partial charge in [0, 0.05) is 6.04 Å². The molecule has 7 heteroatoms. The van der Waals surface area contributed by atoms with Crippen LogP contribution >= 0.6 is 11.8 Å². The number of hydrogen-bond acceptors (Lipinski definition) is 6. The van der Waals surface area contributed by atoms with Gasteiger partial charge in [0.05, 0.1) is 16.2 Å². The maximum Gasteiger partial charge on any atom is 0.262 e. The number of nitrogens with zero attached hydrogens (tertiary/aromatic N) is 4. The van der Waals surface area contributed by atoms with E-state index in [0.29, 0.717) is 17.1 Å². The Morgan fingerprint density at radius 3 is 2.72 bits per heavy atom. The molecule has 2 aromatic heterocycles. The van der Waals surface area contributed by atoms with Gasteiger partial charge in [-0.3, -0.25) is 9.36 Å². The van der Waals surface area contributed by atoms with E-state index in [1.54, 1.807) is 6.92 Å². The molecule has 0 bridgehead atoms. The van der Waals surface area contributed by atoms with Crippen LogP contribution in [-0.2, 0) is 0 Å². The molecule has 6 nitrogen and oxygen atoms in total. The lowest BCUT2D eigenvalue weighted by Crippen LogP contribution is -2.26. The zero-order valence-corrected chi connectivity index (χ0v) is 15.1. The Balaban J connectivity index is 1.80. The SMILES string of the molecule is Cc1noc(C(C)Sc2nc3ccccc3c(=O)n2C2CCCC2)n1. The fourth-order valence-electron chi connectivity index (χ4n) is 3.38. The number of rotatable bonds is 4. The number of fused-ring (bicyclic) bond motifs is 1. The highest BCUT2D eigenvalue weighted by Gasteiger charge is 2.25. The Labute approximate surface area is 149 Å². The summed E-state index contributed by atoms with van der Waals surface area (Å²) < 4.78 is 7.17. The maximum absolute atomic E-state index is 13.1. The van der Waals surface area contributed by atoms with Crippen molar-refractivity contribution in [2.45, 2.75) is 56.0 Å². The lowest BCUT2D eigenvalue weighted by molar-refractivity contribution is 0.376. The predicted molar refractivity (Wildman–Crippen MR) is 96.8 cm³/mol. The first-order chi connectivity index (χ1) is 12.1. The first-order valence-corrected chi connectivity index (χ1v) is 9.49. The molecule has 0 aliphatic heterocycles. The molecular formula is C18H20N4O2S. The molecule has 0 amide bonds. The van der Waals surface area contributed by atoms with E-state index in [1.807, 2.05) is 35.8 Å². The lowest BCUT2D eigenvalue weighted by atomic mass is 10.2. The molecule has 130 valence electrons. The monoisotopic (exact) mass is 356 g/mol. The molecular weight excluding hydrogens is 336 g/mol. The van der Waals surface area contributed by atoms with Crippen molar-refractivity contribution in [1.82, 2.24) is 19.7 Å². The fourth-order valence-corrected chi connectivity index (χ4v) is 4.39. The standard InChI is InChI=1S/C18H20N4O2S/c1-11(16-19-12(2)21-24-16)25-18-20-15-10-6-5-9-14(15)17(23)22(18)13-7-3-4-8-13/h5-6,9-11,13H,3-4,7-8H2,1-2H3. The summed E-state index contributed by atoms with van der Waals surface area (Å²) in [6.45, 7) is 3.80. The van der Waals surface area contributed by atoms with Crippen LogP contribution in [0.25, 0.3) is 10.9 Å². The molecule has 0 N–H and O–H groups in total. The van der Waals surface area contributed by atoms with Crippen LogP contribution in [-0.4, -0.2) is 19.7 Å². The van der Waals surface area contributed by atoms with Crippen LogP contribution in [0.4, 0.5) is 0 Å². The van der Waals surface area contributed by atoms with Crippen LogP contribution in [0.15, 0.2) is 38.7 Å². The van der Waals surface area contributed by atoms with Crippen LogP contribution in [0.1, 0.15) is 55.6 Å². The second-order valence-corrected chi connectivity index (χ2v) is 7.77. The lowest BCUT2D eigenvalue weighted by Gasteiger charge is -2.19. The van der Waals surface area contributed by atoms with Gasteiger partial charge < -0.3 is 4.52 Å². The molecule has 0 radical (unpaired) electrons. The largest absolute Gasteiger partial charge is 0.338 e. The van der Waals surface area contributed by atoms with Crippen LogP contribution in [0, 0.1) is 6.92 Å². The minimum Gasteiger partial charge on any atom is -0.338 e. The van der Waals surface area contributed by atoms with E-state index in [0.717, 1.165) is 36.4 Å². The average molecular weight is 356 g/mol. The van der Waals surface area contributed by atoms with Gasteiger partial charge in [0.25, 0.3) is 5.56 Å². The molecule has 1 fully saturated rings. The highest BCUT2D eigenvalue weighted by molar-refractivity contribution is 7.99. The second kappa shape index (κ2) is 6.63. The highest BCUT2D eigenvalue weighted by atomic mass is 32.2. The summed E-state index contributed by atoms with van der Waals surface area (Å²) in [5.74, 6) is 1.17. The van der Waals surface area contributed by atoms with Gasteiger partial charge in [-0.1, -0.05) is 41.9 Å². The van der Waals surface area contributed by atoms with Gasteiger partial charge >= 0.3 is 0 Å². The Kier molecular flexibility index (Phi) is 4.33. The summed E-state index contributed by atoms with van der Waals surface area (Å²) in [7, 11) is 0. The van der Waals surface area contributed by atoms with Crippen molar-refractivity contribution in [3.05, 3.63) is 46.3 Å². The van der Waals surface area contributed by atoms with E-state index >= 15 is 0 Å². The van der Waals surface area contributed by atoms with Crippen molar-refractivity contribution in [2.75, 3.05) is 0 Å². The van der Waals surface area contributed by atoms with Crippen molar-refractivity contribution in [2.24, 2.45) is 0 Å². The third-order valence-corrected chi connectivity index (χ3v) is 5.69. The van der Waals surface area contributed by atoms with Crippen molar-refractivity contribution in [3.63, 3.8) is 0 Å². The van der Waals surface area contributed by atoms with E-state index < -0.39 is 0 Å². The minimum atomic E-state index is -0.0677. The van der Waals surface area contributed by atoms with Gasteiger partial charge in [0.1, 0.15) is 0 Å². The van der Waals surface area contributed by atoms with Crippen molar-refractivity contribution in [1.29, 1.82) is 0 Å².